The van der Waals surface area contributed by atoms with Crippen molar-refractivity contribution >= 4 is 0 Å². The van der Waals surface area contributed by atoms with E-state index in [1.54, 1.807) is 0 Å². The van der Waals surface area contributed by atoms with Crippen LogP contribution < -0.4 is 5.32 Å². The molecule has 1 aromatic heterocycles. The summed E-state index contributed by atoms with van der Waals surface area (Å²) in [5.74, 6) is 0.813. The van der Waals surface area contributed by atoms with Crippen LogP contribution in [0.4, 0.5) is 0 Å². The lowest BCUT2D eigenvalue weighted by Crippen LogP contribution is -2.26. The van der Waals surface area contributed by atoms with E-state index in [4.69, 9.17) is 0 Å². The second-order valence-corrected chi connectivity index (χ2v) is 4.96. The van der Waals surface area contributed by atoms with Gasteiger partial charge in [0, 0.05) is 19.6 Å². The van der Waals surface area contributed by atoms with Crippen LogP contribution in [0.3, 0.4) is 0 Å². The molecule has 0 aromatic carbocycles. The molecule has 92 valence electrons. The first-order valence-corrected chi connectivity index (χ1v) is 6.16. The van der Waals surface area contributed by atoms with Gasteiger partial charge in [-0.25, -0.2) is 0 Å². The summed E-state index contributed by atoms with van der Waals surface area (Å²) in [4.78, 5) is 0. The molecule has 0 aliphatic carbocycles. The largest absolute Gasteiger partial charge is 0.309 e. The number of aryl methyl sites for hydroxylation is 1. The molecule has 1 aromatic rings. The summed E-state index contributed by atoms with van der Waals surface area (Å²) in [5, 5.41) is 11.3. The summed E-state index contributed by atoms with van der Waals surface area (Å²) < 4.78 is 1.81. The third-order valence-electron chi connectivity index (χ3n) is 2.86. The molecular formula is C12H24N4. The van der Waals surface area contributed by atoms with Crippen LogP contribution in [0, 0.1) is 5.92 Å². The Morgan fingerprint density at radius 2 is 2.06 bits per heavy atom. The zero-order valence-corrected chi connectivity index (χ0v) is 10.9. The monoisotopic (exact) mass is 224 g/mol. The number of aromatic nitrogens is 3. The summed E-state index contributed by atoms with van der Waals surface area (Å²) in [6.07, 6.45) is 5.67. The summed E-state index contributed by atoms with van der Waals surface area (Å²) >= 11 is 0. The fourth-order valence-corrected chi connectivity index (χ4v) is 1.68. The molecule has 0 fully saturated rings. The predicted octanol–water partition coefficient (Wildman–Crippen LogP) is 2.12. The first kappa shape index (κ1) is 13.2. The minimum Gasteiger partial charge on any atom is -0.309 e. The summed E-state index contributed by atoms with van der Waals surface area (Å²) in [6.45, 7) is 7.65. The maximum absolute atomic E-state index is 3.91. The van der Waals surface area contributed by atoms with E-state index < -0.39 is 0 Å². The number of rotatable bonds is 7. The van der Waals surface area contributed by atoms with E-state index in [0.717, 1.165) is 18.2 Å². The van der Waals surface area contributed by atoms with Crippen LogP contribution in [0.5, 0.6) is 0 Å². The molecule has 16 heavy (non-hydrogen) atoms. The maximum atomic E-state index is 3.91. The molecule has 1 rings (SSSR count). The Kier molecular flexibility index (Phi) is 5.46. The van der Waals surface area contributed by atoms with Crippen molar-refractivity contribution in [2.24, 2.45) is 13.0 Å². The molecule has 0 aliphatic heterocycles. The van der Waals surface area contributed by atoms with E-state index in [2.05, 4.69) is 36.4 Å². The van der Waals surface area contributed by atoms with Gasteiger partial charge < -0.3 is 5.32 Å². The lowest BCUT2D eigenvalue weighted by atomic mass is 10.0. The minimum absolute atomic E-state index is 0.564. The molecule has 1 N–H and O–H groups in total. The van der Waals surface area contributed by atoms with E-state index in [0.29, 0.717) is 6.04 Å². The van der Waals surface area contributed by atoms with Crippen molar-refractivity contribution in [2.75, 3.05) is 0 Å². The van der Waals surface area contributed by atoms with E-state index in [9.17, 15) is 0 Å². The molecule has 4 nitrogen and oxygen atoms in total. The standard InChI is InChI=1S/C12H24N4/c1-10(2)6-5-7-11(3)13-8-12-9-14-15-16(12)4/h9-11,13H,5-8H2,1-4H3. The summed E-state index contributed by atoms with van der Waals surface area (Å²) in [7, 11) is 1.92. The molecule has 0 bridgehead atoms. The number of nitrogens with one attached hydrogen (secondary N) is 1. The quantitative estimate of drug-likeness (QED) is 0.771. The van der Waals surface area contributed by atoms with Crippen LogP contribution in [-0.2, 0) is 13.6 Å². The molecule has 1 heterocycles. The van der Waals surface area contributed by atoms with Crippen LogP contribution in [0.15, 0.2) is 6.20 Å². The van der Waals surface area contributed by atoms with E-state index >= 15 is 0 Å². The van der Waals surface area contributed by atoms with Crippen molar-refractivity contribution < 1.29 is 0 Å². The summed E-state index contributed by atoms with van der Waals surface area (Å²) in [5.41, 5.74) is 1.13. The van der Waals surface area contributed by atoms with Crippen LogP contribution in [-0.4, -0.2) is 21.0 Å². The van der Waals surface area contributed by atoms with Crippen LogP contribution in [0.1, 0.15) is 45.7 Å². The maximum Gasteiger partial charge on any atom is 0.0738 e. The van der Waals surface area contributed by atoms with Crippen molar-refractivity contribution in [1.82, 2.24) is 20.3 Å². The van der Waals surface area contributed by atoms with Gasteiger partial charge in [-0.3, -0.25) is 4.68 Å². The predicted molar refractivity (Wildman–Crippen MR) is 66.0 cm³/mol. The van der Waals surface area contributed by atoms with Crippen LogP contribution in [0.25, 0.3) is 0 Å². The van der Waals surface area contributed by atoms with Gasteiger partial charge in [-0.1, -0.05) is 31.9 Å². The first-order chi connectivity index (χ1) is 7.59. The smallest absolute Gasteiger partial charge is 0.0738 e. The van der Waals surface area contributed by atoms with Gasteiger partial charge in [-0.05, 0) is 19.3 Å². The van der Waals surface area contributed by atoms with Gasteiger partial charge in [-0.2, -0.15) is 0 Å². The van der Waals surface area contributed by atoms with Gasteiger partial charge in [0.1, 0.15) is 0 Å². The SMILES string of the molecule is CC(C)CCCC(C)NCc1cnnn1C. The lowest BCUT2D eigenvalue weighted by molar-refractivity contribution is 0.451. The number of nitrogens with zero attached hydrogens (tertiary/aromatic N) is 3. The topological polar surface area (TPSA) is 42.7 Å². The third kappa shape index (κ3) is 4.75. The molecule has 0 radical (unpaired) electrons. The second-order valence-electron chi connectivity index (χ2n) is 4.96. The minimum atomic E-state index is 0.564. The first-order valence-electron chi connectivity index (χ1n) is 6.16. The highest BCUT2D eigenvalue weighted by Gasteiger charge is 2.04. The third-order valence-corrected chi connectivity index (χ3v) is 2.86. The van der Waals surface area contributed by atoms with E-state index in [1.165, 1.54) is 19.3 Å². The Labute approximate surface area is 98.4 Å². The Balaban J connectivity index is 2.15. The van der Waals surface area contributed by atoms with Crippen molar-refractivity contribution in [3.63, 3.8) is 0 Å². The molecule has 1 atom stereocenters. The molecular weight excluding hydrogens is 200 g/mol. The van der Waals surface area contributed by atoms with Gasteiger partial charge in [0.25, 0.3) is 0 Å². The number of hydrogen-bond donors (Lipinski definition) is 1. The summed E-state index contributed by atoms with van der Waals surface area (Å²) in [6, 6.07) is 0.564. The molecule has 0 saturated carbocycles. The van der Waals surface area contributed by atoms with Crippen LogP contribution >= 0.6 is 0 Å². The molecule has 0 amide bonds. The average molecular weight is 224 g/mol. The molecule has 0 saturated heterocycles. The van der Waals surface area contributed by atoms with Crippen LogP contribution in [0.2, 0.25) is 0 Å². The fraction of sp³-hybridized carbons (Fsp3) is 0.833. The highest BCUT2D eigenvalue weighted by Crippen LogP contribution is 2.08. The van der Waals surface area contributed by atoms with E-state index in [1.807, 2.05) is 17.9 Å². The van der Waals surface area contributed by atoms with Crippen molar-refractivity contribution in [3.8, 4) is 0 Å². The molecule has 0 spiro atoms. The molecule has 1 unspecified atom stereocenters. The Hall–Kier alpha value is -0.900. The van der Waals surface area contributed by atoms with Crippen molar-refractivity contribution in [1.29, 1.82) is 0 Å². The highest BCUT2D eigenvalue weighted by atomic mass is 15.4. The Bertz CT molecular complexity index is 293. The van der Waals surface area contributed by atoms with Gasteiger partial charge in [-0.15, -0.1) is 5.10 Å². The zero-order chi connectivity index (χ0) is 12.0. The normalized spacial score (nSPS) is 13.3. The lowest BCUT2D eigenvalue weighted by Gasteiger charge is -2.14. The Morgan fingerprint density at radius 3 is 2.62 bits per heavy atom. The average Bonchev–Trinajstić information content (AvgIpc) is 2.60. The van der Waals surface area contributed by atoms with Gasteiger partial charge in [0.05, 0.1) is 11.9 Å². The van der Waals surface area contributed by atoms with Gasteiger partial charge in [0.15, 0.2) is 0 Å². The zero-order valence-electron chi connectivity index (χ0n) is 10.9. The van der Waals surface area contributed by atoms with E-state index in [-0.39, 0.29) is 0 Å². The Morgan fingerprint density at radius 1 is 1.31 bits per heavy atom. The molecule has 0 aliphatic rings. The fourth-order valence-electron chi connectivity index (χ4n) is 1.68. The van der Waals surface area contributed by atoms with Crippen molar-refractivity contribution in [3.05, 3.63) is 11.9 Å². The highest BCUT2D eigenvalue weighted by molar-refractivity contribution is 4.92. The molecule has 4 heteroatoms. The second kappa shape index (κ2) is 6.63. The van der Waals surface area contributed by atoms with Crippen molar-refractivity contribution in [2.45, 2.75) is 52.6 Å². The number of hydrogen-bond acceptors (Lipinski definition) is 3. The van der Waals surface area contributed by atoms with Gasteiger partial charge in [0.2, 0.25) is 0 Å². The van der Waals surface area contributed by atoms with Gasteiger partial charge >= 0.3 is 0 Å².